The van der Waals surface area contributed by atoms with Gasteiger partial charge in [-0.3, -0.25) is 4.79 Å². The van der Waals surface area contributed by atoms with E-state index >= 15 is 0 Å². The third-order valence-electron chi connectivity index (χ3n) is 3.84. The molecule has 22 heavy (non-hydrogen) atoms. The highest BCUT2D eigenvalue weighted by Gasteiger charge is 2.33. The van der Waals surface area contributed by atoms with E-state index in [1.165, 1.54) is 12.1 Å². The van der Waals surface area contributed by atoms with Gasteiger partial charge in [-0.1, -0.05) is 25.1 Å². The second kappa shape index (κ2) is 5.79. The van der Waals surface area contributed by atoms with Gasteiger partial charge in [0.15, 0.2) is 6.10 Å². The number of hydrogen-bond acceptors (Lipinski definition) is 2. The lowest BCUT2D eigenvalue weighted by Crippen LogP contribution is -2.45. The van der Waals surface area contributed by atoms with Gasteiger partial charge in [0.25, 0.3) is 5.91 Å². The highest BCUT2D eigenvalue weighted by atomic mass is 19.1. The lowest BCUT2D eigenvalue weighted by molar-refractivity contribution is -0.126. The first-order valence-corrected chi connectivity index (χ1v) is 7.41. The predicted molar refractivity (Wildman–Crippen MR) is 83.5 cm³/mol. The molecule has 114 valence electrons. The number of carbonyl (C=O) groups excluding carboxylic acids is 1. The van der Waals surface area contributed by atoms with Gasteiger partial charge >= 0.3 is 0 Å². The SMILES string of the molecule is CC[C@H]1Oc2ccc(C)cc2N(Cc2ccc(F)cc2)C1=O. The number of rotatable bonds is 3. The number of hydrogen-bond donors (Lipinski definition) is 0. The van der Waals surface area contributed by atoms with Gasteiger partial charge in [0.1, 0.15) is 11.6 Å². The van der Waals surface area contributed by atoms with Crippen molar-refractivity contribution in [3.8, 4) is 5.75 Å². The van der Waals surface area contributed by atoms with Crippen molar-refractivity contribution >= 4 is 11.6 Å². The van der Waals surface area contributed by atoms with Crippen LogP contribution in [0.25, 0.3) is 0 Å². The maximum absolute atomic E-state index is 13.0. The van der Waals surface area contributed by atoms with Gasteiger partial charge in [0, 0.05) is 0 Å². The van der Waals surface area contributed by atoms with Crippen molar-refractivity contribution in [2.75, 3.05) is 4.90 Å². The number of anilines is 1. The Bertz CT molecular complexity index is 697. The molecule has 1 atom stereocenters. The third kappa shape index (κ3) is 2.69. The molecule has 1 heterocycles. The number of amides is 1. The molecule has 0 fully saturated rings. The van der Waals surface area contributed by atoms with Crippen LogP contribution < -0.4 is 9.64 Å². The average molecular weight is 299 g/mol. The number of carbonyl (C=O) groups is 1. The number of ether oxygens (including phenoxy) is 1. The molecule has 1 aliphatic heterocycles. The molecule has 0 saturated carbocycles. The van der Waals surface area contributed by atoms with Crippen LogP contribution in [-0.4, -0.2) is 12.0 Å². The minimum absolute atomic E-state index is 0.0510. The van der Waals surface area contributed by atoms with Crippen molar-refractivity contribution in [3.05, 3.63) is 59.4 Å². The van der Waals surface area contributed by atoms with Gasteiger partial charge in [-0.05, 0) is 48.7 Å². The fourth-order valence-corrected chi connectivity index (χ4v) is 2.63. The predicted octanol–water partition coefficient (Wildman–Crippen LogP) is 3.84. The third-order valence-corrected chi connectivity index (χ3v) is 3.84. The summed E-state index contributed by atoms with van der Waals surface area (Å²) in [6.07, 6.45) is 0.155. The first-order valence-electron chi connectivity index (χ1n) is 7.41. The molecule has 0 N–H and O–H groups in total. The number of fused-ring (bicyclic) bond motifs is 1. The van der Waals surface area contributed by atoms with Crippen LogP contribution in [0.1, 0.15) is 24.5 Å². The zero-order valence-electron chi connectivity index (χ0n) is 12.7. The Balaban J connectivity index is 1.98. The molecule has 0 radical (unpaired) electrons. The van der Waals surface area contributed by atoms with Crippen LogP contribution in [0.2, 0.25) is 0 Å². The summed E-state index contributed by atoms with van der Waals surface area (Å²) in [6, 6.07) is 12.0. The molecule has 0 spiro atoms. The van der Waals surface area contributed by atoms with Crippen molar-refractivity contribution in [2.45, 2.75) is 32.9 Å². The largest absolute Gasteiger partial charge is 0.478 e. The van der Waals surface area contributed by atoms with E-state index in [1.54, 1.807) is 17.0 Å². The lowest BCUT2D eigenvalue weighted by atomic mass is 10.1. The van der Waals surface area contributed by atoms with Crippen molar-refractivity contribution in [1.82, 2.24) is 0 Å². The summed E-state index contributed by atoms with van der Waals surface area (Å²) in [5, 5.41) is 0. The van der Waals surface area contributed by atoms with E-state index < -0.39 is 6.10 Å². The molecular formula is C18H18FNO2. The van der Waals surface area contributed by atoms with Crippen LogP contribution in [0.3, 0.4) is 0 Å². The van der Waals surface area contributed by atoms with Crippen molar-refractivity contribution in [3.63, 3.8) is 0 Å². The molecule has 2 aromatic carbocycles. The molecule has 1 amide bonds. The summed E-state index contributed by atoms with van der Waals surface area (Å²) in [6.45, 7) is 4.32. The molecule has 0 aromatic heterocycles. The Morgan fingerprint density at radius 1 is 1.18 bits per heavy atom. The minimum atomic E-state index is -0.462. The van der Waals surface area contributed by atoms with Gasteiger partial charge in [-0.15, -0.1) is 0 Å². The second-order valence-electron chi connectivity index (χ2n) is 5.54. The van der Waals surface area contributed by atoms with Gasteiger partial charge in [0.2, 0.25) is 0 Å². The van der Waals surface area contributed by atoms with E-state index in [2.05, 4.69) is 0 Å². The Kier molecular flexibility index (Phi) is 3.84. The summed E-state index contributed by atoms with van der Waals surface area (Å²) in [5.41, 5.74) is 2.73. The smallest absolute Gasteiger partial charge is 0.268 e. The van der Waals surface area contributed by atoms with Crippen molar-refractivity contribution in [2.24, 2.45) is 0 Å². The van der Waals surface area contributed by atoms with Crippen LogP contribution in [0.15, 0.2) is 42.5 Å². The standard InChI is InChI=1S/C18H18FNO2/c1-3-16-18(21)20(11-13-5-7-14(19)8-6-13)15-10-12(2)4-9-17(15)22-16/h4-10,16H,3,11H2,1-2H3/t16-/m1/s1. The van der Waals surface area contributed by atoms with Crippen molar-refractivity contribution in [1.29, 1.82) is 0 Å². The Morgan fingerprint density at radius 2 is 1.91 bits per heavy atom. The fraction of sp³-hybridized carbons (Fsp3) is 0.278. The Hall–Kier alpha value is -2.36. The molecule has 3 nitrogen and oxygen atoms in total. The Morgan fingerprint density at radius 3 is 2.59 bits per heavy atom. The molecule has 0 saturated heterocycles. The number of benzene rings is 2. The molecule has 4 heteroatoms. The van der Waals surface area contributed by atoms with E-state index in [-0.39, 0.29) is 11.7 Å². The van der Waals surface area contributed by atoms with E-state index in [0.717, 1.165) is 22.6 Å². The maximum Gasteiger partial charge on any atom is 0.268 e. The lowest BCUT2D eigenvalue weighted by Gasteiger charge is -2.34. The van der Waals surface area contributed by atoms with Crippen LogP contribution in [0.5, 0.6) is 5.75 Å². The summed E-state index contributed by atoms with van der Waals surface area (Å²) in [7, 11) is 0. The summed E-state index contributed by atoms with van der Waals surface area (Å²) in [4.78, 5) is 14.4. The number of nitrogens with zero attached hydrogens (tertiary/aromatic N) is 1. The van der Waals surface area contributed by atoms with Gasteiger partial charge in [-0.25, -0.2) is 4.39 Å². The highest BCUT2D eigenvalue weighted by Crippen LogP contribution is 2.36. The van der Waals surface area contributed by atoms with Crippen LogP contribution in [0, 0.1) is 12.7 Å². The van der Waals surface area contributed by atoms with E-state index in [1.807, 2.05) is 32.0 Å². The minimum Gasteiger partial charge on any atom is -0.478 e. The summed E-state index contributed by atoms with van der Waals surface area (Å²) in [5.74, 6) is 0.392. The molecule has 0 aliphatic carbocycles. The topological polar surface area (TPSA) is 29.5 Å². The van der Waals surface area contributed by atoms with Gasteiger partial charge in [-0.2, -0.15) is 0 Å². The van der Waals surface area contributed by atoms with E-state index in [9.17, 15) is 9.18 Å². The number of halogens is 1. The highest BCUT2D eigenvalue weighted by molar-refractivity contribution is 6.00. The van der Waals surface area contributed by atoms with E-state index in [0.29, 0.717) is 13.0 Å². The summed E-state index contributed by atoms with van der Waals surface area (Å²) < 4.78 is 18.8. The molecular weight excluding hydrogens is 281 g/mol. The maximum atomic E-state index is 13.0. The molecule has 2 aromatic rings. The van der Waals surface area contributed by atoms with Gasteiger partial charge < -0.3 is 9.64 Å². The molecule has 0 bridgehead atoms. The van der Waals surface area contributed by atoms with Crippen LogP contribution in [-0.2, 0) is 11.3 Å². The first kappa shape index (κ1) is 14.6. The summed E-state index contributed by atoms with van der Waals surface area (Å²) >= 11 is 0. The fourth-order valence-electron chi connectivity index (χ4n) is 2.63. The average Bonchev–Trinajstić information content (AvgIpc) is 2.52. The first-order chi connectivity index (χ1) is 10.6. The van der Waals surface area contributed by atoms with Crippen LogP contribution in [0.4, 0.5) is 10.1 Å². The molecule has 0 unspecified atom stereocenters. The Labute approximate surface area is 129 Å². The zero-order chi connectivity index (χ0) is 15.7. The quantitative estimate of drug-likeness (QED) is 0.862. The second-order valence-corrected chi connectivity index (χ2v) is 5.54. The van der Waals surface area contributed by atoms with Gasteiger partial charge in [0.05, 0.1) is 12.2 Å². The van der Waals surface area contributed by atoms with Crippen LogP contribution >= 0.6 is 0 Å². The van der Waals surface area contributed by atoms with E-state index in [4.69, 9.17) is 4.74 Å². The van der Waals surface area contributed by atoms with Crippen molar-refractivity contribution < 1.29 is 13.9 Å². The zero-order valence-corrected chi connectivity index (χ0v) is 12.7. The monoisotopic (exact) mass is 299 g/mol. The normalized spacial score (nSPS) is 17.1. The molecule has 1 aliphatic rings. The number of aryl methyl sites for hydroxylation is 1. The molecule has 3 rings (SSSR count).